The predicted octanol–water partition coefficient (Wildman–Crippen LogP) is 3.67. The van der Waals surface area contributed by atoms with Crippen molar-refractivity contribution in [2.75, 3.05) is 10.2 Å². The van der Waals surface area contributed by atoms with Crippen molar-refractivity contribution < 1.29 is 19.2 Å². The van der Waals surface area contributed by atoms with Gasteiger partial charge in [-0.25, -0.2) is 0 Å². The van der Waals surface area contributed by atoms with E-state index in [1.165, 1.54) is 4.90 Å². The number of piperidine rings is 1. The Kier molecular flexibility index (Phi) is 6.58. The highest BCUT2D eigenvalue weighted by Crippen LogP contribution is 2.27. The van der Waals surface area contributed by atoms with Gasteiger partial charge in [0.1, 0.15) is 6.04 Å². The second-order valence-electron chi connectivity index (χ2n) is 9.12. The number of nitrogens with one attached hydrogen (secondary N) is 1. The quantitative estimate of drug-likeness (QED) is 0.709. The van der Waals surface area contributed by atoms with Gasteiger partial charge in [0.15, 0.2) is 0 Å². The highest BCUT2D eigenvalue weighted by atomic mass is 16.2. The van der Waals surface area contributed by atoms with Crippen LogP contribution in [-0.2, 0) is 32.1 Å². The first-order chi connectivity index (χ1) is 15.8. The molecule has 1 N–H and O–H groups in total. The lowest BCUT2D eigenvalue weighted by molar-refractivity contribution is -0.140. The molecule has 7 nitrogen and oxygen atoms in total. The van der Waals surface area contributed by atoms with Gasteiger partial charge in [0.2, 0.25) is 23.6 Å². The minimum Gasteiger partial charge on any atom is -0.326 e. The van der Waals surface area contributed by atoms with Crippen molar-refractivity contribution >= 4 is 35.0 Å². The Morgan fingerprint density at radius 1 is 0.970 bits per heavy atom. The number of benzene rings is 2. The Morgan fingerprint density at radius 3 is 2.24 bits per heavy atom. The van der Waals surface area contributed by atoms with Gasteiger partial charge in [-0.15, -0.1) is 0 Å². The van der Waals surface area contributed by atoms with Gasteiger partial charge in [0, 0.05) is 37.9 Å². The minimum absolute atomic E-state index is 0.0304. The Morgan fingerprint density at radius 2 is 1.61 bits per heavy atom. The molecule has 2 aromatic rings. The summed E-state index contributed by atoms with van der Waals surface area (Å²) in [7, 11) is 0. The second kappa shape index (κ2) is 9.57. The summed E-state index contributed by atoms with van der Waals surface area (Å²) in [6.07, 6.45) is 2.14. The van der Waals surface area contributed by atoms with Crippen molar-refractivity contribution in [2.45, 2.75) is 58.5 Å². The second-order valence-corrected chi connectivity index (χ2v) is 9.12. The van der Waals surface area contributed by atoms with E-state index in [-0.39, 0.29) is 29.5 Å². The summed E-state index contributed by atoms with van der Waals surface area (Å²) in [6, 6.07) is 14.0. The molecule has 2 aliphatic heterocycles. The van der Waals surface area contributed by atoms with Gasteiger partial charge >= 0.3 is 0 Å². The maximum Gasteiger partial charge on any atom is 0.247 e. The lowest BCUT2D eigenvalue weighted by atomic mass is 9.92. The van der Waals surface area contributed by atoms with E-state index in [1.54, 1.807) is 29.2 Å². The number of fused-ring (bicyclic) bond motifs is 1. The third-order valence-corrected chi connectivity index (χ3v) is 6.13. The SMILES string of the molecule is CC(C)CC(=O)N1Cc2ccccc2CC1C(=O)Nc1ccc(N2C(=O)CCCC2=O)cc1. The van der Waals surface area contributed by atoms with Gasteiger partial charge in [0.05, 0.1) is 5.69 Å². The Bertz CT molecular complexity index is 1060. The molecule has 1 saturated heterocycles. The van der Waals surface area contributed by atoms with Gasteiger partial charge in [0.25, 0.3) is 0 Å². The standard InChI is InChI=1S/C26H29N3O4/c1-17(2)14-25(32)28-16-19-7-4-3-6-18(19)15-22(28)26(33)27-20-10-12-21(13-11-20)29-23(30)8-5-9-24(29)31/h3-4,6-7,10-13,17,22H,5,8-9,14-16H2,1-2H3,(H,27,33). The van der Waals surface area contributed by atoms with Crippen molar-refractivity contribution in [1.82, 2.24) is 4.90 Å². The van der Waals surface area contributed by atoms with E-state index in [0.717, 1.165) is 11.1 Å². The van der Waals surface area contributed by atoms with Crippen LogP contribution in [0.3, 0.4) is 0 Å². The van der Waals surface area contributed by atoms with Gasteiger partial charge in [-0.3, -0.25) is 24.1 Å². The number of rotatable bonds is 5. The first kappa shape index (κ1) is 22.7. The molecular weight excluding hydrogens is 418 g/mol. The summed E-state index contributed by atoms with van der Waals surface area (Å²) in [5, 5.41) is 2.91. The van der Waals surface area contributed by atoms with E-state index in [4.69, 9.17) is 0 Å². The third kappa shape index (κ3) is 4.97. The monoisotopic (exact) mass is 447 g/mol. The fraction of sp³-hybridized carbons (Fsp3) is 0.385. The molecule has 0 spiro atoms. The van der Waals surface area contributed by atoms with Crippen LogP contribution < -0.4 is 10.2 Å². The summed E-state index contributed by atoms with van der Waals surface area (Å²) in [5.74, 6) is -0.492. The predicted molar refractivity (Wildman–Crippen MR) is 125 cm³/mol. The molecule has 33 heavy (non-hydrogen) atoms. The van der Waals surface area contributed by atoms with Crippen molar-refractivity contribution in [3.63, 3.8) is 0 Å². The highest BCUT2D eigenvalue weighted by molar-refractivity contribution is 6.16. The molecule has 0 aliphatic carbocycles. The van der Waals surface area contributed by atoms with Crippen LogP contribution in [0.15, 0.2) is 48.5 Å². The molecule has 1 fully saturated rings. The van der Waals surface area contributed by atoms with Crippen molar-refractivity contribution in [3.05, 3.63) is 59.7 Å². The average molecular weight is 448 g/mol. The summed E-state index contributed by atoms with van der Waals surface area (Å²) in [6.45, 7) is 4.40. The summed E-state index contributed by atoms with van der Waals surface area (Å²) >= 11 is 0. The van der Waals surface area contributed by atoms with Gasteiger partial charge in [-0.05, 0) is 47.7 Å². The zero-order valence-corrected chi connectivity index (χ0v) is 19.0. The Labute approximate surface area is 193 Å². The Balaban J connectivity index is 1.51. The number of carbonyl (C=O) groups excluding carboxylic acids is 4. The van der Waals surface area contributed by atoms with E-state index in [9.17, 15) is 19.2 Å². The van der Waals surface area contributed by atoms with Crippen LogP contribution in [0, 0.1) is 5.92 Å². The van der Waals surface area contributed by atoms with Crippen LogP contribution >= 0.6 is 0 Å². The molecule has 0 bridgehead atoms. The average Bonchev–Trinajstić information content (AvgIpc) is 2.78. The minimum atomic E-state index is -0.601. The number of nitrogens with zero attached hydrogens (tertiary/aromatic N) is 2. The molecule has 7 heteroatoms. The van der Waals surface area contributed by atoms with E-state index in [1.807, 2.05) is 38.1 Å². The molecular formula is C26H29N3O4. The molecule has 4 rings (SSSR count). The zero-order valence-electron chi connectivity index (χ0n) is 19.0. The number of imide groups is 1. The fourth-order valence-electron chi connectivity index (χ4n) is 4.45. The smallest absolute Gasteiger partial charge is 0.247 e. The first-order valence-electron chi connectivity index (χ1n) is 11.5. The van der Waals surface area contributed by atoms with Gasteiger partial charge in [-0.1, -0.05) is 38.1 Å². The van der Waals surface area contributed by atoms with Crippen molar-refractivity contribution in [3.8, 4) is 0 Å². The number of hydrogen-bond donors (Lipinski definition) is 1. The molecule has 2 heterocycles. The summed E-state index contributed by atoms with van der Waals surface area (Å²) in [5.41, 5.74) is 3.20. The third-order valence-electron chi connectivity index (χ3n) is 6.13. The number of anilines is 2. The molecule has 172 valence electrons. The van der Waals surface area contributed by atoms with Crippen LogP contribution in [0.4, 0.5) is 11.4 Å². The zero-order chi connectivity index (χ0) is 23.5. The maximum atomic E-state index is 13.2. The van der Waals surface area contributed by atoms with Gasteiger partial charge in [-0.2, -0.15) is 0 Å². The van der Waals surface area contributed by atoms with Crippen LogP contribution in [0.2, 0.25) is 0 Å². The summed E-state index contributed by atoms with van der Waals surface area (Å²) < 4.78 is 0. The Hall–Kier alpha value is -3.48. The number of amides is 4. The molecule has 0 saturated carbocycles. The number of hydrogen-bond acceptors (Lipinski definition) is 4. The van der Waals surface area contributed by atoms with E-state index >= 15 is 0 Å². The highest BCUT2D eigenvalue weighted by Gasteiger charge is 2.34. The van der Waals surface area contributed by atoms with Crippen LogP contribution in [-0.4, -0.2) is 34.6 Å². The molecule has 4 amide bonds. The van der Waals surface area contributed by atoms with E-state index < -0.39 is 6.04 Å². The van der Waals surface area contributed by atoms with Crippen LogP contribution in [0.25, 0.3) is 0 Å². The molecule has 2 aliphatic rings. The largest absolute Gasteiger partial charge is 0.326 e. The topological polar surface area (TPSA) is 86.8 Å². The summed E-state index contributed by atoms with van der Waals surface area (Å²) in [4.78, 5) is 53.4. The first-order valence-corrected chi connectivity index (χ1v) is 11.5. The fourth-order valence-corrected chi connectivity index (χ4v) is 4.45. The molecule has 0 aromatic heterocycles. The van der Waals surface area contributed by atoms with E-state index in [2.05, 4.69) is 5.32 Å². The lowest BCUT2D eigenvalue weighted by Gasteiger charge is -2.36. The molecule has 2 aromatic carbocycles. The number of carbonyl (C=O) groups is 4. The molecule has 0 radical (unpaired) electrons. The van der Waals surface area contributed by atoms with Crippen molar-refractivity contribution in [2.24, 2.45) is 5.92 Å². The molecule has 1 unspecified atom stereocenters. The van der Waals surface area contributed by atoms with Crippen LogP contribution in [0.5, 0.6) is 0 Å². The maximum absolute atomic E-state index is 13.2. The van der Waals surface area contributed by atoms with Crippen molar-refractivity contribution in [1.29, 1.82) is 0 Å². The lowest BCUT2D eigenvalue weighted by Crippen LogP contribution is -2.50. The van der Waals surface area contributed by atoms with E-state index in [0.29, 0.717) is 50.0 Å². The normalized spacial score (nSPS) is 18.3. The molecule has 1 atom stereocenters. The van der Waals surface area contributed by atoms with Crippen LogP contribution in [0.1, 0.15) is 50.7 Å². The van der Waals surface area contributed by atoms with Gasteiger partial charge < -0.3 is 10.2 Å².